The number of hydrogen-bond acceptors (Lipinski definition) is 8. The van der Waals surface area contributed by atoms with E-state index in [2.05, 4.69) is 5.32 Å². The fraction of sp³-hybridized carbons (Fsp3) is 0.364. The van der Waals surface area contributed by atoms with E-state index in [-0.39, 0.29) is 30.8 Å². The minimum absolute atomic E-state index is 0. The van der Waals surface area contributed by atoms with E-state index in [1.54, 1.807) is 48.5 Å². The van der Waals surface area contributed by atoms with Crippen LogP contribution in [0.25, 0.3) is 0 Å². The van der Waals surface area contributed by atoms with E-state index in [4.69, 9.17) is 4.74 Å². The first kappa shape index (κ1) is 26.0. The predicted molar refractivity (Wildman–Crippen MR) is 106 cm³/mol. The van der Waals surface area contributed by atoms with Gasteiger partial charge in [0.25, 0.3) is 5.91 Å². The second kappa shape index (κ2) is 11.1. The van der Waals surface area contributed by atoms with Gasteiger partial charge in [0.05, 0.1) is 12.6 Å². The van der Waals surface area contributed by atoms with Gasteiger partial charge in [-0.15, -0.1) is 0 Å². The average molecular weight is 437 g/mol. The first-order valence-electron chi connectivity index (χ1n) is 9.73. The van der Waals surface area contributed by atoms with Crippen molar-refractivity contribution in [2.24, 2.45) is 0 Å². The molecule has 2 aromatic rings. The second-order valence-corrected chi connectivity index (χ2v) is 7.49. The van der Waals surface area contributed by atoms with Crippen LogP contribution in [0.4, 0.5) is 0 Å². The first-order valence-corrected chi connectivity index (χ1v) is 9.73. The molecular formula is C22H24LiNO8. The third kappa shape index (κ3) is 5.22. The molecule has 0 aromatic heterocycles. The third-order valence-corrected chi connectivity index (χ3v) is 5.44. The molecule has 3 rings (SSSR count). The number of hydrogen-bond donors (Lipinski definition) is 5. The number of carboxylic acids is 1. The Morgan fingerprint density at radius 2 is 1.50 bits per heavy atom. The number of carboxylic acid groups (broad SMARTS) is 1. The summed E-state index contributed by atoms with van der Waals surface area (Å²) in [6.45, 7) is -0.747. The Bertz CT molecular complexity index is 897. The Labute approximate surface area is 196 Å². The summed E-state index contributed by atoms with van der Waals surface area (Å²) in [5.74, 6) is -2.53. The van der Waals surface area contributed by atoms with Crippen LogP contribution in [0.15, 0.2) is 60.7 Å². The molecule has 10 heteroatoms. The summed E-state index contributed by atoms with van der Waals surface area (Å²) in [5, 5.41) is 55.3. The fourth-order valence-electron chi connectivity index (χ4n) is 3.75. The van der Waals surface area contributed by atoms with Crippen molar-refractivity contribution < 1.29 is 58.7 Å². The van der Waals surface area contributed by atoms with Gasteiger partial charge < -0.3 is 40.4 Å². The van der Waals surface area contributed by atoms with Crippen LogP contribution in [0.2, 0.25) is 0 Å². The van der Waals surface area contributed by atoms with Gasteiger partial charge in [0, 0.05) is 12.0 Å². The summed E-state index contributed by atoms with van der Waals surface area (Å²) in [5.41, 5.74) is -1.69. The van der Waals surface area contributed by atoms with Crippen molar-refractivity contribution >= 4 is 11.9 Å². The minimum atomic E-state index is -2.33. The quantitative estimate of drug-likeness (QED) is 0.269. The van der Waals surface area contributed by atoms with Gasteiger partial charge in [0.1, 0.15) is 36.1 Å². The van der Waals surface area contributed by atoms with E-state index in [0.29, 0.717) is 5.56 Å². The van der Waals surface area contributed by atoms with Crippen LogP contribution in [0.3, 0.4) is 0 Å². The van der Waals surface area contributed by atoms with Crippen LogP contribution < -0.4 is 29.3 Å². The van der Waals surface area contributed by atoms with Gasteiger partial charge in [0.2, 0.25) is 0 Å². The average Bonchev–Trinajstić information content (AvgIpc) is 2.78. The Kier molecular flexibility index (Phi) is 9.01. The zero-order valence-electron chi connectivity index (χ0n) is 17.5. The number of carbonyl (C=O) groups excluding carboxylic acids is 2. The summed E-state index contributed by atoms with van der Waals surface area (Å²) in [6.07, 6.45) is -8.84. The maximum atomic E-state index is 12.9. The Balaban J connectivity index is 0.00000363. The number of aliphatic carboxylic acids is 1. The van der Waals surface area contributed by atoms with Crippen molar-refractivity contribution in [2.45, 2.75) is 42.5 Å². The topological polar surface area (TPSA) is 159 Å². The normalized spacial score (nSPS) is 26.9. The number of nitrogens with one attached hydrogen (secondary N) is 1. The molecule has 2 aromatic carbocycles. The SMILES string of the molecule is O=C(N[C@](Cc1ccccc1)(C(=O)[O-])[C@H]1O[C@H](CO)[C@@H](O)[C@H](O)[C@@H]1O)c1ccccc1.[Li+]. The van der Waals surface area contributed by atoms with Gasteiger partial charge >= 0.3 is 18.9 Å². The zero-order chi connectivity index (χ0) is 22.6. The van der Waals surface area contributed by atoms with Crippen molar-refractivity contribution in [3.63, 3.8) is 0 Å². The maximum Gasteiger partial charge on any atom is 1.00 e. The first-order chi connectivity index (χ1) is 14.8. The van der Waals surface area contributed by atoms with Crippen LogP contribution in [0, 0.1) is 0 Å². The van der Waals surface area contributed by atoms with Crippen LogP contribution in [-0.4, -0.2) is 75.0 Å². The van der Waals surface area contributed by atoms with Crippen molar-refractivity contribution in [3.8, 4) is 0 Å². The monoisotopic (exact) mass is 437 g/mol. The number of aliphatic hydroxyl groups excluding tert-OH is 4. The molecule has 9 nitrogen and oxygen atoms in total. The van der Waals surface area contributed by atoms with Crippen LogP contribution in [0.1, 0.15) is 15.9 Å². The molecule has 0 unspecified atom stereocenters. The summed E-state index contributed by atoms with van der Waals surface area (Å²) in [7, 11) is 0. The van der Waals surface area contributed by atoms with E-state index in [1.165, 1.54) is 12.1 Å². The molecular weight excluding hydrogens is 413 g/mol. The van der Waals surface area contributed by atoms with E-state index < -0.39 is 54.5 Å². The van der Waals surface area contributed by atoms with Crippen molar-refractivity contribution in [2.75, 3.05) is 6.61 Å². The zero-order valence-corrected chi connectivity index (χ0v) is 17.5. The van der Waals surface area contributed by atoms with Gasteiger partial charge in [-0.25, -0.2) is 0 Å². The van der Waals surface area contributed by atoms with E-state index in [9.17, 15) is 35.1 Å². The molecule has 0 spiro atoms. The van der Waals surface area contributed by atoms with Gasteiger partial charge in [-0.05, 0) is 17.7 Å². The van der Waals surface area contributed by atoms with Crippen LogP contribution in [-0.2, 0) is 16.0 Å². The molecule has 1 saturated heterocycles. The van der Waals surface area contributed by atoms with E-state index in [0.717, 1.165) is 0 Å². The molecule has 0 aliphatic carbocycles. The molecule has 0 bridgehead atoms. The molecule has 1 aliphatic heterocycles. The molecule has 5 N–H and O–H groups in total. The number of ether oxygens (including phenoxy) is 1. The number of aliphatic hydroxyl groups is 4. The third-order valence-electron chi connectivity index (χ3n) is 5.44. The predicted octanol–water partition coefficient (Wildman–Crippen LogP) is -5.01. The van der Waals surface area contributed by atoms with Crippen molar-refractivity contribution in [1.29, 1.82) is 0 Å². The van der Waals surface area contributed by atoms with E-state index in [1.807, 2.05) is 0 Å². The van der Waals surface area contributed by atoms with Gasteiger partial charge in [-0.1, -0.05) is 48.5 Å². The fourth-order valence-corrected chi connectivity index (χ4v) is 3.75. The summed E-state index contributed by atoms with van der Waals surface area (Å²) < 4.78 is 5.52. The molecule has 166 valence electrons. The second-order valence-electron chi connectivity index (χ2n) is 7.49. The smallest absolute Gasteiger partial charge is 0.547 e. The molecule has 1 fully saturated rings. The molecule has 6 atom stereocenters. The largest absolute Gasteiger partial charge is 1.00 e. The molecule has 32 heavy (non-hydrogen) atoms. The minimum Gasteiger partial charge on any atom is -0.547 e. The van der Waals surface area contributed by atoms with Crippen LogP contribution in [0.5, 0.6) is 0 Å². The Morgan fingerprint density at radius 3 is 2.03 bits per heavy atom. The standard InChI is InChI=1S/C22H25NO8.Li/c24-12-15-16(25)17(26)18(27)19(31-15)22(21(29)30,11-13-7-3-1-4-8-13)23-20(28)14-9-5-2-6-10-14;/h1-10,15-19,24-27H,11-12H2,(H,23,28)(H,29,30);/q;+1/p-1/t15-,16-,17+,18+,19+,22+;/m1./s1. The molecule has 1 heterocycles. The Morgan fingerprint density at radius 1 is 0.938 bits per heavy atom. The van der Waals surface area contributed by atoms with Gasteiger partial charge in [-0.3, -0.25) is 4.79 Å². The number of amides is 1. The Hall–Kier alpha value is -2.22. The van der Waals surface area contributed by atoms with Crippen molar-refractivity contribution in [3.05, 3.63) is 71.8 Å². The summed E-state index contributed by atoms with van der Waals surface area (Å²) in [6, 6.07) is 16.1. The number of rotatable bonds is 7. The maximum absolute atomic E-state index is 12.9. The number of carbonyl (C=O) groups is 2. The van der Waals surface area contributed by atoms with Crippen LogP contribution >= 0.6 is 0 Å². The number of benzene rings is 2. The molecule has 0 saturated carbocycles. The van der Waals surface area contributed by atoms with Gasteiger partial charge in [0.15, 0.2) is 0 Å². The summed E-state index contributed by atoms with van der Waals surface area (Å²) >= 11 is 0. The van der Waals surface area contributed by atoms with Gasteiger partial charge in [-0.2, -0.15) is 0 Å². The molecule has 1 amide bonds. The van der Waals surface area contributed by atoms with E-state index >= 15 is 0 Å². The van der Waals surface area contributed by atoms with Crippen molar-refractivity contribution in [1.82, 2.24) is 5.32 Å². The molecule has 0 radical (unpaired) electrons. The summed E-state index contributed by atoms with van der Waals surface area (Å²) in [4.78, 5) is 25.4. The molecule has 1 aliphatic rings.